The summed E-state index contributed by atoms with van der Waals surface area (Å²) in [7, 11) is 3.14. The normalized spacial score (nSPS) is 19.6. The topological polar surface area (TPSA) is 48.0 Å². The first-order valence-electron chi connectivity index (χ1n) is 7.18. The van der Waals surface area contributed by atoms with Gasteiger partial charge in [-0.2, -0.15) is 0 Å². The zero-order valence-electron chi connectivity index (χ0n) is 13.1. The SMILES string of the molecule is COc1cc(OC)cc(C(=O)C2CN(C(C)C)CCO2)c1. The second-order valence-electron chi connectivity index (χ2n) is 5.41. The molecule has 0 aliphatic carbocycles. The number of hydrogen-bond donors (Lipinski definition) is 0. The number of benzene rings is 1. The van der Waals surface area contributed by atoms with Crippen LogP contribution in [0.3, 0.4) is 0 Å². The highest BCUT2D eigenvalue weighted by Crippen LogP contribution is 2.24. The molecule has 1 aliphatic heterocycles. The van der Waals surface area contributed by atoms with E-state index in [1.807, 2.05) is 0 Å². The van der Waals surface area contributed by atoms with Crippen LogP contribution in [0.1, 0.15) is 24.2 Å². The molecule has 0 saturated carbocycles. The highest BCUT2D eigenvalue weighted by molar-refractivity contribution is 6.00. The monoisotopic (exact) mass is 293 g/mol. The van der Waals surface area contributed by atoms with Crippen LogP contribution in [0.15, 0.2) is 18.2 Å². The lowest BCUT2D eigenvalue weighted by Crippen LogP contribution is -2.48. The summed E-state index contributed by atoms with van der Waals surface area (Å²) in [5.41, 5.74) is 0.557. The minimum atomic E-state index is -0.432. The quantitative estimate of drug-likeness (QED) is 0.777. The molecule has 1 saturated heterocycles. The van der Waals surface area contributed by atoms with E-state index in [0.29, 0.717) is 36.3 Å². The molecule has 21 heavy (non-hydrogen) atoms. The van der Waals surface area contributed by atoms with Crippen LogP contribution in [-0.2, 0) is 4.74 Å². The summed E-state index contributed by atoms with van der Waals surface area (Å²) < 4.78 is 16.1. The Morgan fingerprint density at radius 3 is 2.38 bits per heavy atom. The first-order chi connectivity index (χ1) is 10.0. The number of ketones is 1. The summed E-state index contributed by atoms with van der Waals surface area (Å²) in [5, 5.41) is 0. The average Bonchev–Trinajstić information content (AvgIpc) is 2.53. The van der Waals surface area contributed by atoms with Crippen molar-refractivity contribution in [2.45, 2.75) is 26.0 Å². The van der Waals surface area contributed by atoms with E-state index in [9.17, 15) is 4.79 Å². The summed E-state index contributed by atoms with van der Waals surface area (Å²) >= 11 is 0. The van der Waals surface area contributed by atoms with Gasteiger partial charge in [0.1, 0.15) is 17.6 Å². The Hall–Kier alpha value is -1.59. The molecule has 1 aromatic carbocycles. The maximum absolute atomic E-state index is 12.6. The fourth-order valence-electron chi connectivity index (χ4n) is 2.43. The van der Waals surface area contributed by atoms with E-state index in [0.717, 1.165) is 6.54 Å². The molecule has 0 N–H and O–H groups in total. The van der Waals surface area contributed by atoms with Crippen LogP contribution in [0.4, 0.5) is 0 Å². The van der Waals surface area contributed by atoms with E-state index in [4.69, 9.17) is 14.2 Å². The summed E-state index contributed by atoms with van der Waals surface area (Å²) in [6.45, 7) is 6.32. The van der Waals surface area contributed by atoms with Crippen LogP contribution < -0.4 is 9.47 Å². The number of hydrogen-bond acceptors (Lipinski definition) is 5. The van der Waals surface area contributed by atoms with E-state index in [1.165, 1.54) is 0 Å². The molecule has 5 nitrogen and oxygen atoms in total. The van der Waals surface area contributed by atoms with Crippen LogP contribution in [0.5, 0.6) is 11.5 Å². The van der Waals surface area contributed by atoms with Crippen molar-refractivity contribution in [1.82, 2.24) is 4.90 Å². The smallest absolute Gasteiger partial charge is 0.193 e. The fourth-order valence-corrected chi connectivity index (χ4v) is 2.43. The maximum Gasteiger partial charge on any atom is 0.193 e. The number of methoxy groups -OCH3 is 2. The van der Waals surface area contributed by atoms with Crippen molar-refractivity contribution >= 4 is 5.78 Å². The third-order valence-corrected chi connectivity index (χ3v) is 3.76. The molecule has 1 atom stereocenters. The van der Waals surface area contributed by atoms with Crippen LogP contribution in [-0.4, -0.2) is 56.7 Å². The van der Waals surface area contributed by atoms with Gasteiger partial charge in [0.15, 0.2) is 5.78 Å². The minimum Gasteiger partial charge on any atom is -0.497 e. The largest absolute Gasteiger partial charge is 0.497 e. The Morgan fingerprint density at radius 2 is 1.86 bits per heavy atom. The summed E-state index contributed by atoms with van der Waals surface area (Å²) in [5.74, 6) is 1.18. The van der Waals surface area contributed by atoms with E-state index < -0.39 is 6.10 Å². The summed E-state index contributed by atoms with van der Waals surface area (Å²) in [6.07, 6.45) is -0.432. The molecule has 0 amide bonds. The van der Waals surface area contributed by atoms with Crippen LogP contribution in [0, 0.1) is 0 Å². The van der Waals surface area contributed by atoms with Crippen molar-refractivity contribution in [1.29, 1.82) is 0 Å². The second-order valence-corrected chi connectivity index (χ2v) is 5.41. The number of nitrogens with zero attached hydrogens (tertiary/aromatic N) is 1. The van der Waals surface area contributed by atoms with E-state index in [1.54, 1.807) is 32.4 Å². The Bertz CT molecular complexity index is 479. The molecule has 0 radical (unpaired) electrons. The first-order valence-corrected chi connectivity index (χ1v) is 7.18. The van der Waals surface area contributed by atoms with Gasteiger partial charge in [-0.3, -0.25) is 9.69 Å². The van der Waals surface area contributed by atoms with Gasteiger partial charge in [0.05, 0.1) is 20.8 Å². The lowest BCUT2D eigenvalue weighted by molar-refractivity contribution is -0.0256. The lowest BCUT2D eigenvalue weighted by atomic mass is 10.0. The number of morpholine rings is 1. The van der Waals surface area contributed by atoms with Gasteiger partial charge < -0.3 is 14.2 Å². The Balaban J connectivity index is 2.19. The molecule has 5 heteroatoms. The molecule has 0 bridgehead atoms. The van der Waals surface area contributed by atoms with Crippen molar-refractivity contribution in [3.05, 3.63) is 23.8 Å². The zero-order chi connectivity index (χ0) is 15.4. The van der Waals surface area contributed by atoms with Crippen LogP contribution in [0.25, 0.3) is 0 Å². The molecule has 1 aliphatic rings. The van der Waals surface area contributed by atoms with E-state index in [-0.39, 0.29) is 5.78 Å². The van der Waals surface area contributed by atoms with Gasteiger partial charge in [-0.15, -0.1) is 0 Å². The number of ether oxygens (including phenoxy) is 3. The third-order valence-electron chi connectivity index (χ3n) is 3.76. The molecule has 2 rings (SSSR count). The van der Waals surface area contributed by atoms with Gasteiger partial charge in [0.25, 0.3) is 0 Å². The van der Waals surface area contributed by atoms with Crippen molar-refractivity contribution in [3.8, 4) is 11.5 Å². The molecule has 1 heterocycles. The van der Waals surface area contributed by atoms with E-state index in [2.05, 4.69) is 18.7 Å². The number of Topliss-reactive ketones (excluding diaryl/α,β-unsaturated/α-hetero) is 1. The molecule has 1 unspecified atom stereocenters. The van der Waals surface area contributed by atoms with Gasteiger partial charge in [-0.1, -0.05) is 0 Å². The molecule has 1 aromatic rings. The van der Waals surface area contributed by atoms with Gasteiger partial charge in [-0.05, 0) is 26.0 Å². The third kappa shape index (κ3) is 3.74. The van der Waals surface area contributed by atoms with E-state index >= 15 is 0 Å². The number of carbonyl (C=O) groups is 1. The van der Waals surface area contributed by atoms with Crippen LogP contribution in [0.2, 0.25) is 0 Å². The molecular formula is C16H23NO4. The van der Waals surface area contributed by atoms with Crippen molar-refractivity contribution in [2.75, 3.05) is 33.9 Å². The van der Waals surface area contributed by atoms with Gasteiger partial charge >= 0.3 is 0 Å². The number of carbonyl (C=O) groups excluding carboxylic acids is 1. The highest BCUT2D eigenvalue weighted by atomic mass is 16.5. The maximum atomic E-state index is 12.6. The molecule has 0 aromatic heterocycles. The fraction of sp³-hybridized carbons (Fsp3) is 0.562. The average molecular weight is 293 g/mol. The Morgan fingerprint density at radius 1 is 1.24 bits per heavy atom. The summed E-state index contributed by atoms with van der Waals surface area (Å²) in [4.78, 5) is 14.9. The van der Waals surface area contributed by atoms with Crippen molar-refractivity contribution in [3.63, 3.8) is 0 Å². The second kappa shape index (κ2) is 6.91. The van der Waals surface area contributed by atoms with Gasteiger partial charge in [0.2, 0.25) is 0 Å². The van der Waals surface area contributed by atoms with Crippen molar-refractivity contribution in [2.24, 2.45) is 0 Å². The standard InChI is InChI=1S/C16H23NO4/c1-11(2)17-5-6-21-15(10-17)16(18)12-7-13(19-3)9-14(8-12)20-4/h7-9,11,15H,5-6,10H2,1-4H3. The summed E-state index contributed by atoms with van der Waals surface area (Å²) in [6, 6.07) is 5.60. The molecule has 1 fully saturated rings. The Labute approximate surface area is 125 Å². The number of rotatable bonds is 5. The predicted octanol–water partition coefficient (Wildman–Crippen LogP) is 2.00. The van der Waals surface area contributed by atoms with Gasteiger partial charge in [0, 0.05) is 30.8 Å². The molecular weight excluding hydrogens is 270 g/mol. The first kappa shape index (κ1) is 15.8. The molecule has 0 spiro atoms. The zero-order valence-corrected chi connectivity index (χ0v) is 13.1. The minimum absolute atomic E-state index is 0.0300. The van der Waals surface area contributed by atoms with Gasteiger partial charge in [-0.25, -0.2) is 0 Å². The molecule has 116 valence electrons. The van der Waals surface area contributed by atoms with Crippen molar-refractivity contribution < 1.29 is 19.0 Å². The lowest BCUT2D eigenvalue weighted by Gasteiger charge is -2.34. The Kier molecular flexibility index (Phi) is 5.20. The predicted molar refractivity (Wildman–Crippen MR) is 80.3 cm³/mol. The van der Waals surface area contributed by atoms with Crippen LogP contribution >= 0.6 is 0 Å². The highest BCUT2D eigenvalue weighted by Gasteiger charge is 2.29.